The van der Waals surface area contributed by atoms with E-state index in [1.165, 1.54) is 27.4 Å². The molecule has 0 aliphatic rings. The van der Waals surface area contributed by atoms with E-state index in [0.717, 1.165) is 14.1 Å². The predicted molar refractivity (Wildman–Crippen MR) is 84.9 cm³/mol. The number of hydrogen-bond acceptors (Lipinski definition) is 6. The average molecular weight is 342 g/mol. The van der Waals surface area contributed by atoms with Gasteiger partial charge < -0.3 is 4.42 Å². The lowest BCUT2D eigenvalue weighted by atomic mass is 10.4. The summed E-state index contributed by atoms with van der Waals surface area (Å²) in [6.07, 6.45) is 0. The van der Waals surface area contributed by atoms with E-state index in [1.54, 1.807) is 0 Å². The first-order valence-corrected chi connectivity index (χ1v) is 8.24. The van der Waals surface area contributed by atoms with Crippen LogP contribution in [-0.4, -0.2) is 21.7 Å². The minimum absolute atomic E-state index is 0.363. The highest BCUT2D eigenvalue weighted by atomic mass is 35.5. The number of aromatic nitrogens is 2. The maximum Gasteiger partial charge on any atom is 0.438 e. The molecule has 0 atom stereocenters. The van der Waals surface area contributed by atoms with E-state index in [2.05, 4.69) is 5.10 Å². The highest BCUT2D eigenvalue weighted by Crippen LogP contribution is 2.23. The average Bonchev–Trinajstić information content (AvgIpc) is 3.13. The van der Waals surface area contributed by atoms with E-state index < -0.39 is 5.76 Å². The molecule has 0 fully saturated rings. The molecule has 0 aromatic carbocycles. The van der Waals surface area contributed by atoms with Crippen molar-refractivity contribution in [1.29, 1.82) is 0 Å². The number of rotatable bonds is 5. The second kappa shape index (κ2) is 6.15. The molecule has 0 N–H and O–H groups in total. The zero-order chi connectivity index (χ0) is 14.8. The number of thiophene rings is 2. The summed E-state index contributed by atoms with van der Waals surface area (Å²) in [7, 11) is 1.92. The smallest absolute Gasteiger partial charge is 0.387 e. The van der Waals surface area contributed by atoms with Crippen LogP contribution in [0.5, 0.6) is 0 Å². The van der Waals surface area contributed by atoms with Crippen molar-refractivity contribution in [2.24, 2.45) is 0 Å². The Labute approximate surface area is 134 Å². The van der Waals surface area contributed by atoms with Crippen LogP contribution in [0.25, 0.3) is 10.8 Å². The van der Waals surface area contributed by atoms with Crippen LogP contribution in [0.4, 0.5) is 0 Å². The molecule has 3 rings (SSSR count). The molecule has 0 saturated carbocycles. The van der Waals surface area contributed by atoms with Crippen molar-refractivity contribution < 1.29 is 4.42 Å². The SMILES string of the molecule is CN(Cc1ccc(Cl)s1)Cn1nc(-c2cccs2)oc1=O. The molecule has 0 aliphatic heterocycles. The molecule has 3 heterocycles. The predicted octanol–water partition coefficient (Wildman–Crippen LogP) is 3.37. The van der Waals surface area contributed by atoms with Gasteiger partial charge in [-0.2, -0.15) is 4.68 Å². The topological polar surface area (TPSA) is 51.3 Å². The van der Waals surface area contributed by atoms with Crippen molar-refractivity contribution >= 4 is 34.3 Å². The highest BCUT2D eigenvalue weighted by molar-refractivity contribution is 7.16. The van der Waals surface area contributed by atoms with Crippen LogP contribution in [0.15, 0.2) is 38.9 Å². The van der Waals surface area contributed by atoms with E-state index in [0.29, 0.717) is 19.1 Å². The Morgan fingerprint density at radius 3 is 2.95 bits per heavy atom. The third-order valence-electron chi connectivity index (χ3n) is 2.77. The van der Waals surface area contributed by atoms with Crippen molar-refractivity contribution in [3.8, 4) is 10.8 Å². The molecule has 0 saturated heterocycles. The van der Waals surface area contributed by atoms with Crippen molar-refractivity contribution in [3.63, 3.8) is 0 Å². The molecule has 110 valence electrons. The van der Waals surface area contributed by atoms with Gasteiger partial charge in [0.25, 0.3) is 5.89 Å². The molecule has 0 aliphatic carbocycles. The first-order chi connectivity index (χ1) is 10.1. The molecular weight excluding hydrogens is 330 g/mol. The van der Waals surface area contributed by atoms with Gasteiger partial charge in [0.2, 0.25) is 0 Å². The summed E-state index contributed by atoms with van der Waals surface area (Å²) < 4.78 is 7.26. The van der Waals surface area contributed by atoms with Gasteiger partial charge in [0.15, 0.2) is 0 Å². The van der Waals surface area contributed by atoms with Crippen LogP contribution >= 0.6 is 34.3 Å². The second-order valence-corrected chi connectivity index (χ2v) is 7.26. The Balaban J connectivity index is 1.71. The van der Waals surface area contributed by atoms with Crippen LogP contribution < -0.4 is 5.76 Å². The quantitative estimate of drug-likeness (QED) is 0.714. The summed E-state index contributed by atoms with van der Waals surface area (Å²) >= 11 is 8.92. The minimum Gasteiger partial charge on any atom is -0.387 e. The molecule has 0 amide bonds. The van der Waals surface area contributed by atoms with Crippen molar-refractivity contribution in [3.05, 3.63) is 49.4 Å². The molecule has 5 nitrogen and oxygen atoms in total. The molecule has 3 aromatic rings. The normalized spacial score (nSPS) is 11.4. The Morgan fingerprint density at radius 2 is 2.29 bits per heavy atom. The van der Waals surface area contributed by atoms with Gasteiger partial charge in [-0.25, -0.2) is 4.79 Å². The van der Waals surface area contributed by atoms with E-state index in [4.69, 9.17) is 16.0 Å². The van der Waals surface area contributed by atoms with Gasteiger partial charge in [-0.05, 0) is 30.6 Å². The van der Waals surface area contributed by atoms with Crippen molar-refractivity contribution in [1.82, 2.24) is 14.7 Å². The minimum atomic E-state index is -0.450. The summed E-state index contributed by atoms with van der Waals surface area (Å²) in [6, 6.07) is 7.61. The molecule has 21 heavy (non-hydrogen) atoms. The fraction of sp³-hybridized carbons (Fsp3) is 0.231. The van der Waals surface area contributed by atoms with Gasteiger partial charge in [0.1, 0.15) is 6.67 Å². The van der Waals surface area contributed by atoms with E-state index >= 15 is 0 Å². The van der Waals surface area contributed by atoms with E-state index in [-0.39, 0.29) is 0 Å². The summed E-state index contributed by atoms with van der Waals surface area (Å²) in [5.74, 6) is -0.0861. The van der Waals surface area contributed by atoms with Crippen LogP contribution in [-0.2, 0) is 13.2 Å². The summed E-state index contributed by atoms with van der Waals surface area (Å²) in [4.78, 5) is 15.8. The molecule has 8 heteroatoms. The Bertz CT molecular complexity index is 776. The highest BCUT2D eigenvalue weighted by Gasteiger charge is 2.13. The zero-order valence-corrected chi connectivity index (χ0v) is 13.5. The lowest BCUT2D eigenvalue weighted by Crippen LogP contribution is -2.27. The Hall–Kier alpha value is -1.41. The molecule has 0 spiro atoms. The fourth-order valence-electron chi connectivity index (χ4n) is 1.88. The Morgan fingerprint density at radius 1 is 1.43 bits per heavy atom. The number of hydrogen-bond donors (Lipinski definition) is 0. The summed E-state index contributed by atoms with van der Waals surface area (Å²) in [5.41, 5.74) is 0. The standard InChI is InChI=1S/C13H12ClN3O2S2/c1-16(7-9-4-5-11(14)21-9)8-17-13(18)19-12(15-17)10-3-2-6-20-10/h2-6H,7-8H2,1H3. The van der Waals surface area contributed by atoms with Crippen molar-refractivity contribution in [2.45, 2.75) is 13.2 Å². The third kappa shape index (κ3) is 3.44. The fourth-order valence-corrected chi connectivity index (χ4v) is 3.69. The van der Waals surface area contributed by atoms with Gasteiger partial charge in [-0.1, -0.05) is 17.7 Å². The van der Waals surface area contributed by atoms with E-state index in [1.807, 2.05) is 41.6 Å². The molecule has 0 bridgehead atoms. The molecule has 0 radical (unpaired) electrons. The lowest BCUT2D eigenvalue weighted by Gasteiger charge is -2.13. The van der Waals surface area contributed by atoms with Crippen LogP contribution in [0.1, 0.15) is 4.88 Å². The first-order valence-electron chi connectivity index (χ1n) is 6.16. The summed E-state index contributed by atoms with van der Waals surface area (Å²) in [6.45, 7) is 1.06. The molecular formula is C13H12ClN3O2S2. The summed E-state index contributed by atoms with van der Waals surface area (Å²) in [5, 5.41) is 6.14. The second-order valence-electron chi connectivity index (χ2n) is 4.51. The lowest BCUT2D eigenvalue weighted by molar-refractivity contribution is 0.238. The van der Waals surface area contributed by atoms with Crippen LogP contribution in [0, 0.1) is 0 Å². The van der Waals surface area contributed by atoms with Crippen LogP contribution in [0.2, 0.25) is 4.34 Å². The van der Waals surface area contributed by atoms with E-state index in [9.17, 15) is 4.79 Å². The van der Waals surface area contributed by atoms with Gasteiger partial charge in [0, 0.05) is 11.4 Å². The van der Waals surface area contributed by atoms with Crippen LogP contribution in [0.3, 0.4) is 0 Å². The Kier molecular flexibility index (Phi) is 4.25. The number of nitrogens with zero attached hydrogens (tertiary/aromatic N) is 3. The monoisotopic (exact) mass is 341 g/mol. The molecule has 3 aromatic heterocycles. The van der Waals surface area contributed by atoms with Gasteiger partial charge >= 0.3 is 5.76 Å². The van der Waals surface area contributed by atoms with Gasteiger partial charge in [-0.3, -0.25) is 4.90 Å². The molecule has 0 unspecified atom stereocenters. The van der Waals surface area contributed by atoms with Gasteiger partial charge in [0.05, 0.1) is 9.21 Å². The maximum atomic E-state index is 11.8. The van der Waals surface area contributed by atoms with Gasteiger partial charge in [-0.15, -0.1) is 27.8 Å². The first kappa shape index (κ1) is 14.5. The number of halogens is 1. The third-order valence-corrected chi connectivity index (χ3v) is 4.84. The van der Waals surface area contributed by atoms with Crippen molar-refractivity contribution in [2.75, 3.05) is 7.05 Å². The largest absolute Gasteiger partial charge is 0.438 e. The zero-order valence-electron chi connectivity index (χ0n) is 11.2. The maximum absolute atomic E-state index is 11.8.